The molecule has 7 nitrogen and oxygen atoms in total. The molecule has 1 saturated heterocycles. The fraction of sp³-hybridized carbons (Fsp3) is 0.444. The third-order valence-electron chi connectivity index (χ3n) is 6.64. The van der Waals surface area contributed by atoms with Crippen molar-refractivity contribution in [3.05, 3.63) is 58.6 Å². The molecule has 0 bridgehead atoms. The van der Waals surface area contributed by atoms with Crippen LogP contribution in [0.5, 0.6) is 0 Å². The number of halogens is 1. The number of amides is 3. The number of benzene rings is 2. The smallest absolute Gasteiger partial charge is 0.253 e. The molecule has 2 aromatic carbocycles. The Kier molecular flexibility index (Phi) is 8.64. The van der Waals surface area contributed by atoms with Gasteiger partial charge in [0.2, 0.25) is 5.91 Å². The lowest BCUT2D eigenvalue weighted by Crippen LogP contribution is -2.36. The number of nitrogens with one attached hydrogen (secondary N) is 3. The zero-order valence-corrected chi connectivity index (χ0v) is 20.7. The lowest BCUT2D eigenvalue weighted by atomic mass is 9.95. The van der Waals surface area contributed by atoms with Gasteiger partial charge >= 0.3 is 0 Å². The highest BCUT2D eigenvalue weighted by Gasteiger charge is 2.20. The van der Waals surface area contributed by atoms with E-state index in [0.717, 1.165) is 51.6 Å². The molecule has 35 heavy (non-hydrogen) atoms. The van der Waals surface area contributed by atoms with Gasteiger partial charge in [-0.3, -0.25) is 14.4 Å². The van der Waals surface area contributed by atoms with Gasteiger partial charge in [0, 0.05) is 36.1 Å². The average molecular weight is 497 g/mol. The second-order valence-electron chi connectivity index (χ2n) is 9.34. The summed E-state index contributed by atoms with van der Waals surface area (Å²) in [6.07, 6.45) is 8.67. The van der Waals surface area contributed by atoms with Gasteiger partial charge in [-0.25, -0.2) is 0 Å². The van der Waals surface area contributed by atoms with Crippen molar-refractivity contribution in [2.75, 3.05) is 30.3 Å². The monoisotopic (exact) mass is 496 g/mol. The van der Waals surface area contributed by atoms with Gasteiger partial charge in [0.25, 0.3) is 11.8 Å². The quantitative estimate of drug-likeness (QED) is 0.498. The van der Waals surface area contributed by atoms with Crippen LogP contribution in [0.4, 0.5) is 11.4 Å². The minimum atomic E-state index is -0.265. The lowest BCUT2D eigenvalue weighted by Gasteiger charge is -2.26. The van der Waals surface area contributed by atoms with Gasteiger partial charge in [-0.05, 0) is 68.5 Å². The molecule has 1 heterocycles. The number of rotatable bonds is 7. The van der Waals surface area contributed by atoms with E-state index in [1.165, 1.54) is 12.8 Å². The van der Waals surface area contributed by atoms with E-state index in [1.807, 2.05) is 17.0 Å². The Balaban J connectivity index is 1.32. The molecule has 0 spiro atoms. The van der Waals surface area contributed by atoms with E-state index in [2.05, 4.69) is 16.0 Å². The fourth-order valence-corrected chi connectivity index (χ4v) is 4.92. The van der Waals surface area contributed by atoms with Crippen LogP contribution < -0.4 is 16.0 Å². The number of nitrogens with zero attached hydrogens (tertiary/aromatic N) is 1. The second-order valence-corrected chi connectivity index (χ2v) is 9.75. The van der Waals surface area contributed by atoms with Crippen LogP contribution in [-0.4, -0.2) is 48.3 Å². The van der Waals surface area contributed by atoms with Crippen LogP contribution in [0.25, 0.3) is 0 Å². The maximum Gasteiger partial charge on any atom is 0.253 e. The van der Waals surface area contributed by atoms with Crippen LogP contribution in [0.1, 0.15) is 72.1 Å². The van der Waals surface area contributed by atoms with E-state index in [0.29, 0.717) is 27.5 Å². The van der Waals surface area contributed by atoms with Gasteiger partial charge < -0.3 is 20.9 Å². The minimum Gasteiger partial charge on any atom is -0.376 e. The number of hydrogen-bond acceptors (Lipinski definition) is 4. The summed E-state index contributed by atoms with van der Waals surface area (Å²) in [5.74, 6) is -0.456. The maximum atomic E-state index is 12.7. The molecule has 186 valence electrons. The first kappa shape index (κ1) is 25.0. The molecule has 8 heteroatoms. The third kappa shape index (κ3) is 6.98. The fourth-order valence-electron chi connectivity index (χ4n) is 4.72. The predicted octanol–water partition coefficient (Wildman–Crippen LogP) is 5.08. The summed E-state index contributed by atoms with van der Waals surface area (Å²) in [6.45, 7) is 1.61. The first-order chi connectivity index (χ1) is 17.0. The lowest BCUT2D eigenvalue weighted by molar-refractivity contribution is -0.114. The van der Waals surface area contributed by atoms with Gasteiger partial charge in [0.05, 0.1) is 17.1 Å². The van der Waals surface area contributed by atoms with Crippen molar-refractivity contribution in [3.8, 4) is 0 Å². The van der Waals surface area contributed by atoms with Crippen LogP contribution in [0.3, 0.4) is 0 Å². The molecule has 3 amide bonds. The normalized spacial score (nSPS) is 16.4. The van der Waals surface area contributed by atoms with Crippen molar-refractivity contribution in [3.63, 3.8) is 0 Å². The van der Waals surface area contributed by atoms with Gasteiger partial charge in [-0.15, -0.1) is 0 Å². The Bertz CT molecular complexity index is 1060. The Morgan fingerprint density at radius 1 is 0.886 bits per heavy atom. The van der Waals surface area contributed by atoms with Crippen LogP contribution >= 0.6 is 11.6 Å². The standard InChI is InChI=1S/C27H33ClN4O3/c28-24-13-12-22(17-23(24)26(34)31-20-9-3-1-4-10-20)30-25(33)18-29-21-11-7-8-19(16-21)27(35)32-14-5-2-6-15-32/h7-8,11-13,16-17,20,29H,1-6,9-10,14-15,18H2,(H,30,33)(H,31,34). The molecule has 1 aliphatic heterocycles. The van der Waals surface area contributed by atoms with Crippen LogP contribution in [-0.2, 0) is 4.79 Å². The van der Waals surface area contributed by atoms with Gasteiger partial charge in [0.1, 0.15) is 0 Å². The van der Waals surface area contributed by atoms with Crippen LogP contribution in [0, 0.1) is 0 Å². The van der Waals surface area contributed by atoms with Gasteiger partial charge in [0.15, 0.2) is 0 Å². The number of hydrogen-bond donors (Lipinski definition) is 3. The number of anilines is 2. The second kappa shape index (κ2) is 12.1. The highest BCUT2D eigenvalue weighted by molar-refractivity contribution is 6.34. The molecule has 0 unspecified atom stereocenters. The molecule has 0 aromatic heterocycles. The first-order valence-electron chi connectivity index (χ1n) is 12.5. The molecular formula is C27H33ClN4O3. The highest BCUT2D eigenvalue weighted by Crippen LogP contribution is 2.23. The molecule has 1 saturated carbocycles. The van der Waals surface area contributed by atoms with Crippen LogP contribution in [0.2, 0.25) is 5.02 Å². The molecule has 3 N–H and O–H groups in total. The van der Waals surface area contributed by atoms with Crippen molar-refractivity contribution in [1.29, 1.82) is 0 Å². The minimum absolute atomic E-state index is 0.0214. The van der Waals surface area contributed by atoms with Crippen molar-refractivity contribution >= 4 is 40.7 Å². The summed E-state index contributed by atoms with van der Waals surface area (Å²) >= 11 is 6.27. The third-order valence-corrected chi connectivity index (χ3v) is 6.97. The summed E-state index contributed by atoms with van der Waals surface area (Å²) in [5.41, 5.74) is 2.17. The first-order valence-corrected chi connectivity index (χ1v) is 12.9. The van der Waals surface area contributed by atoms with Gasteiger partial charge in [-0.1, -0.05) is 36.9 Å². The summed E-state index contributed by atoms with van der Waals surface area (Å²) in [4.78, 5) is 39.9. The SMILES string of the molecule is O=C(CNc1cccc(C(=O)N2CCCCC2)c1)Nc1ccc(Cl)c(C(=O)NC2CCCCC2)c1. The van der Waals surface area contributed by atoms with Crippen molar-refractivity contribution in [2.24, 2.45) is 0 Å². The molecule has 2 fully saturated rings. The summed E-state index contributed by atoms with van der Waals surface area (Å²) in [5, 5.41) is 9.30. The van der Waals surface area contributed by atoms with Crippen molar-refractivity contribution < 1.29 is 14.4 Å². The number of likely N-dealkylation sites (tertiary alicyclic amines) is 1. The largest absolute Gasteiger partial charge is 0.376 e. The Morgan fingerprint density at radius 3 is 2.40 bits per heavy atom. The zero-order valence-electron chi connectivity index (χ0n) is 19.9. The number of carbonyl (C=O) groups is 3. The maximum absolute atomic E-state index is 12.7. The Hall–Kier alpha value is -3.06. The molecule has 1 aliphatic carbocycles. The highest BCUT2D eigenvalue weighted by atomic mass is 35.5. The molecule has 4 rings (SSSR count). The summed E-state index contributed by atoms with van der Waals surface area (Å²) < 4.78 is 0. The molecule has 2 aromatic rings. The Labute approximate surface area is 211 Å². The van der Waals surface area contributed by atoms with E-state index in [1.54, 1.807) is 30.3 Å². The topological polar surface area (TPSA) is 90.5 Å². The van der Waals surface area contributed by atoms with Crippen molar-refractivity contribution in [1.82, 2.24) is 10.2 Å². The molecule has 2 aliphatic rings. The van der Waals surface area contributed by atoms with Crippen LogP contribution in [0.15, 0.2) is 42.5 Å². The van der Waals surface area contributed by atoms with E-state index in [4.69, 9.17) is 11.6 Å². The molecular weight excluding hydrogens is 464 g/mol. The molecule has 0 atom stereocenters. The zero-order chi connectivity index (χ0) is 24.6. The number of piperidine rings is 1. The van der Waals surface area contributed by atoms with Gasteiger partial charge in [-0.2, -0.15) is 0 Å². The summed E-state index contributed by atoms with van der Waals surface area (Å²) in [6, 6.07) is 12.3. The average Bonchev–Trinajstić information content (AvgIpc) is 2.89. The predicted molar refractivity (Wildman–Crippen MR) is 139 cm³/mol. The van der Waals surface area contributed by atoms with E-state index in [9.17, 15) is 14.4 Å². The molecule has 0 radical (unpaired) electrons. The van der Waals surface area contributed by atoms with Crippen molar-refractivity contribution in [2.45, 2.75) is 57.4 Å². The van der Waals surface area contributed by atoms with E-state index >= 15 is 0 Å². The van der Waals surface area contributed by atoms with E-state index < -0.39 is 0 Å². The number of carbonyl (C=O) groups excluding carboxylic acids is 3. The summed E-state index contributed by atoms with van der Waals surface area (Å²) in [7, 11) is 0. The van der Waals surface area contributed by atoms with E-state index in [-0.39, 0.29) is 30.3 Å². The Morgan fingerprint density at radius 2 is 1.63 bits per heavy atom.